The Hall–Kier alpha value is -3.32. The lowest BCUT2D eigenvalue weighted by Gasteiger charge is -2.53. The van der Waals surface area contributed by atoms with Crippen LogP contribution in [-0.2, 0) is 28.4 Å². The van der Waals surface area contributed by atoms with Crippen LogP contribution in [0.2, 0.25) is 25.7 Å². The van der Waals surface area contributed by atoms with E-state index >= 15 is 0 Å². The SMILES string of the molecule is C[Si](C)(C)CCO[C@@H]1O[C@H](COC(=O)c2ccccc2)[C@@]2(O)CO[C@H](c3ccco3)O[C@@H]2[C@H]1OC(=O)c1ccccc1. The van der Waals surface area contributed by atoms with Crippen molar-refractivity contribution < 1.29 is 47.5 Å². The van der Waals surface area contributed by atoms with Gasteiger partial charge in [-0.2, -0.15) is 0 Å². The molecule has 0 unspecified atom stereocenters. The molecule has 10 nitrogen and oxygen atoms in total. The third-order valence-corrected chi connectivity index (χ3v) is 8.89. The van der Waals surface area contributed by atoms with Crippen molar-refractivity contribution in [1.82, 2.24) is 0 Å². The van der Waals surface area contributed by atoms with Crippen LogP contribution < -0.4 is 0 Å². The number of furan rings is 1. The first kappa shape index (κ1) is 30.1. The van der Waals surface area contributed by atoms with Crippen LogP contribution in [0.1, 0.15) is 32.8 Å². The summed E-state index contributed by atoms with van der Waals surface area (Å²) in [5.41, 5.74) is -1.21. The number of aliphatic hydroxyl groups is 1. The molecule has 3 heterocycles. The average Bonchev–Trinajstić information content (AvgIpc) is 3.52. The van der Waals surface area contributed by atoms with E-state index in [0.29, 0.717) is 23.5 Å². The van der Waals surface area contributed by atoms with E-state index in [1.54, 1.807) is 72.8 Å². The smallest absolute Gasteiger partial charge is 0.338 e. The van der Waals surface area contributed by atoms with Gasteiger partial charge in [-0.3, -0.25) is 0 Å². The molecule has 2 aliphatic rings. The maximum absolute atomic E-state index is 13.3. The van der Waals surface area contributed by atoms with E-state index in [1.807, 2.05) is 0 Å². The van der Waals surface area contributed by atoms with Gasteiger partial charge in [-0.25, -0.2) is 9.59 Å². The molecule has 0 bridgehead atoms. The molecule has 11 heteroatoms. The highest BCUT2D eigenvalue weighted by Gasteiger charge is 2.62. The summed E-state index contributed by atoms with van der Waals surface area (Å²) in [6.07, 6.45) is -4.14. The van der Waals surface area contributed by atoms with Crippen molar-refractivity contribution in [3.63, 3.8) is 0 Å². The van der Waals surface area contributed by atoms with Crippen molar-refractivity contribution in [2.75, 3.05) is 19.8 Å². The molecular weight excluding hydrogens is 560 g/mol. The van der Waals surface area contributed by atoms with Gasteiger partial charge in [0.1, 0.15) is 24.4 Å². The van der Waals surface area contributed by atoms with Crippen molar-refractivity contribution in [2.24, 2.45) is 0 Å². The molecular formula is C31H36O10Si. The molecule has 3 aromatic rings. The Kier molecular flexibility index (Phi) is 9.26. The summed E-state index contributed by atoms with van der Waals surface area (Å²) < 4.78 is 41.5. The number of benzene rings is 2. The fourth-order valence-corrected chi connectivity index (χ4v) is 5.52. The molecule has 2 fully saturated rings. The van der Waals surface area contributed by atoms with Crippen LogP contribution in [0, 0.1) is 0 Å². The molecule has 0 amide bonds. The van der Waals surface area contributed by atoms with Gasteiger partial charge in [0.05, 0.1) is 24.0 Å². The highest BCUT2D eigenvalue weighted by Crippen LogP contribution is 2.42. The van der Waals surface area contributed by atoms with Crippen molar-refractivity contribution in [2.45, 2.75) is 62.2 Å². The molecule has 1 N–H and O–H groups in total. The van der Waals surface area contributed by atoms with Crippen LogP contribution in [0.25, 0.3) is 0 Å². The largest absolute Gasteiger partial charge is 0.464 e. The number of carbonyl (C=O) groups excluding carboxylic acids is 2. The molecule has 0 saturated carbocycles. The summed E-state index contributed by atoms with van der Waals surface area (Å²) in [5.74, 6) is -0.844. The number of fused-ring (bicyclic) bond motifs is 1. The minimum atomic E-state index is -1.87. The molecule has 2 aliphatic heterocycles. The number of rotatable bonds is 10. The van der Waals surface area contributed by atoms with Crippen molar-refractivity contribution in [3.05, 3.63) is 95.9 Å². The fraction of sp³-hybridized carbons (Fsp3) is 0.419. The lowest BCUT2D eigenvalue weighted by molar-refractivity contribution is -0.396. The van der Waals surface area contributed by atoms with E-state index in [4.69, 9.17) is 32.8 Å². The normalized spacial score (nSPS) is 27.6. The summed E-state index contributed by atoms with van der Waals surface area (Å²) in [5, 5.41) is 12.0. The number of ether oxygens (including phenoxy) is 6. The zero-order valence-electron chi connectivity index (χ0n) is 23.8. The number of hydrogen-bond donors (Lipinski definition) is 1. The van der Waals surface area contributed by atoms with Crippen LogP contribution >= 0.6 is 0 Å². The van der Waals surface area contributed by atoms with Gasteiger partial charge < -0.3 is 37.9 Å². The zero-order valence-corrected chi connectivity index (χ0v) is 24.8. The Morgan fingerprint density at radius 1 is 0.929 bits per heavy atom. The third-order valence-electron chi connectivity index (χ3n) is 7.19. The second-order valence-electron chi connectivity index (χ2n) is 11.6. The molecule has 224 valence electrons. The maximum atomic E-state index is 13.3. The Bertz CT molecular complexity index is 1310. The molecule has 0 aliphatic carbocycles. The second-order valence-corrected chi connectivity index (χ2v) is 17.2. The first-order chi connectivity index (χ1) is 20.1. The van der Waals surface area contributed by atoms with Crippen LogP contribution in [0.3, 0.4) is 0 Å². The van der Waals surface area contributed by atoms with Gasteiger partial charge >= 0.3 is 11.9 Å². The lowest BCUT2D eigenvalue weighted by Crippen LogP contribution is -2.72. The average molecular weight is 597 g/mol. The molecule has 6 atom stereocenters. The van der Waals surface area contributed by atoms with Gasteiger partial charge in [-0.1, -0.05) is 56.0 Å². The first-order valence-corrected chi connectivity index (χ1v) is 17.6. The molecule has 0 spiro atoms. The molecule has 2 aromatic carbocycles. The Morgan fingerprint density at radius 3 is 2.21 bits per heavy atom. The summed E-state index contributed by atoms with van der Waals surface area (Å²) in [7, 11) is -1.50. The van der Waals surface area contributed by atoms with Crippen molar-refractivity contribution in [1.29, 1.82) is 0 Å². The minimum Gasteiger partial charge on any atom is -0.464 e. The fourth-order valence-electron chi connectivity index (χ4n) is 4.79. The standard InChI is InChI=1S/C31H36O10Si/c1-42(2,3)18-17-36-30-25(40-28(33)22-13-8-5-9-14-22)26-31(34,20-38-29(41-26)23-15-10-16-35-23)24(39-30)19-37-27(32)21-11-6-4-7-12-21/h4-16,24-26,29-30,34H,17-20H2,1-3H3/t24-,25-,26-,29+,30-,31+/m1/s1. The summed E-state index contributed by atoms with van der Waals surface area (Å²) in [4.78, 5) is 26.0. The van der Waals surface area contributed by atoms with E-state index in [0.717, 1.165) is 6.04 Å². The number of esters is 2. The maximum Gasteiger partial charge on any atom is 0.338 e. The van der Waals surface area contributed by atoms with Gasteiger partial charge in [-0.05, 0) is 42.4 Å². The van der Waals surface area contributed by atoms with E-state index in [1.165, 1.54) is 6.26 Å². The summed E-state index contributed by atoms with van der Waals surface area (Å²) in [6, 6.07) is 21.2. The van der Waals surface area contributed by atoms with E-state index in [2.05, 4.69) is 19.6 Å². The topological polar surface area (TPSA) is 123 Å². The number of carbonyl (C=O) groups is 2. The van der Waals surface area contributed by atoms with E-state index < -0.39 is 56.5 Å². The van der Waals surface area contributed by atoms with Crippen LogP contribution in [0.4, 0.5) is 0 Å². The van der Waals surface area contributed by atoms with Gasteiger partial charge in [-0.15, -0.1) is 0 Å². The molecule has 0 radical (unpaired) electrons. The predicted octanol–water partition coefficient (Wildman–Crippen LogP) is 4.59. The Labute approximate surface area is 245 Å². The second kappa shape index (κ2) is 12.9. The third kappa shape index (κ3) is 7.00. The monoisotopic (exact) mass is 596 g/mol. The van der Waals surface area contributed by atoms with Gasteiger partial charge in [0.15, 0.2) is 18.2 Å². The molecule has 1 aromatic heterocycles. The van der Waals surface area contributed by atoms with Crippen molar-refractivity contribution >= 4 is 20.0 Å². The molecule has 42 heavy (non-hydrogen) atoms. The Morgan fingerprint density at radius 2 is 1.60 bits per heavy atom. The van der Waals surface area contributed by atoms with Gasteiger partial charge in [0.2, 0.25) is 6.29 Å². The van der Waals surface area contributed by atoms with Crippen molar-refractivity contribution in [3.8, 4) is 0 Å². The molecule has 2 saturated heterocycles. The zero-order chi connectivity index (χ0) is 29.7. The van der Waals surface area contributed by atoms with Crippen LogP contribution in [-0.4, -0.2) is 75.1 Å². The highest BCUT2D eigenvalue weighted by molar-refractivity contribution is 6.76. The van der Waals surface area contributed by atoms with Crippen LogP contribution in [0.5, 0.6) is 0 Å². The van der Waals surface area contributed by atoms with E-state index in [9.17, 15) is 14.7 Å². The highest BCUT2D eigenvalue weighted by atomic mass is 28.3. The van der Waals surface area contributed by atoms with E-state index in [-0.39, 0.29) is 13.2 Å². The lowest BCUT2D eigenvalue weighted by atomic mass is 9.83. The minimum absolute atomic E-state index is 0.280. The first-order valence-electron chi connectivity index (χ1n) is 13.9. The Balaban J connectivity index is 1.44. The summed E-state index contributed by atoms with van der Waals surface area (Å²) >= 11 is 0. The number of hydrogen-bond acceptors (Lipinski definition) is 10. The molecule has 5 rings (SSSR count). The van der Waals surface area contributed by atoms with Crippen LogP contribution in [0.15, 0.2) is 83.5 Å². The van der Waals surface area contributed by atoms with Gasteiger partial charge in [0.25, 0.3) is 0 Å². The van der Waals surface area contributed by atoms with Gasteiger partial charge in [0, 0.05) is 14.7 Å². The predicted molar refractivity (Wildman–Crippen MR) is 152 cm³/mol. The summed E-state index contributed by atoms with van der Waals surface area (Å²) in [6.45, 7) is 6.37. The quantitative estimate of drug-likeness (QED) is 0.263.